The summed E-state index contributed by atoms with van der Waals surface area (Å²) in [7, 11) is 0. The smallest absolute Gasteiger partial charge is 0.231 e. The highest BCUT2D eigenvalue weighted by atomic mass is 35.5. The molecule has 0 fully saturated rings. The Hall–Kier alpha value is -2.68. The summed E-state index contributed by atoms with van der Waals surface area (Å²) in [6, 6.07) is 19.3. The molecule has 1 N–H and O–H groups in total. The number of thiophene rings is 1. The standard InChI is InChI=1S/C21H18ClN5OS2/c1-14-7-9-15(10-8-14)20(18-6-3-11-29-18)23-19(28)13-30-21-24-25-26-27(21)17-5-2-4-16(22)12-17/h2-12,20H,13H2,1H3,(H,23,28)/t20-/m0/s1. The Labute approximate surface area is 187 Å². The minimum Gasteiger partial charge on any atom is -0.344 e. The number of aryl methyl sites for hydroxylation is 1. The van der Waals surface area contributed by atoms with Crippen molar-refractivity contribution in [3.63, 3.8) is 0 Å². The van der Waals surface area contributed by atoms with Crippen molar-refractivity contribution < 1.29 is 4.79 Å². The highest BCUT2D eigenvalue weighted by Crippen LogP contribution is 2.27. The third-order valence-electron chi connectivity index (χ3n) is 4.37. The number of carbonyl (C=O) groups is 1. The van der Waals surface area contributed by atoms with E-state index in [0.29, 0.717) is 10.2 Å². The molecule has 2 aromatic carbocycles. The number of thioether (sulfide) groups is 1. The zero-order chi connectivity index (χ0) is 20.9. The van der Waals surface area contributed by atoms with E-state index in [0.717, 1.165) is 16.1 Å². The number of rotatable bonds is 7. The highest BCUT2D eigenvalue weighted by Gasteiger charge is 2.19. The van der Waals surface area contributed by atoms with Crippen LogP contribution < -0.4 is 5.32 Å². The predicted molar refractivity (Wildman–Crippen MR) is 120 cm³/mol. The molecule has 30 heavy (non-hydrogen) atoms. The van der Waals surface area contributed by atoms with E-state index in [9.17, 15) is 4.79 Å². The second-order valence-electron chi connectivity index (χ2n) is 6.57. The molecule has 6 nitrogen and oxygen atoms in total. The fourth-order valence-electron chi connectivity index (χ4n) is 2.90. The van der Waals surface area contributed by atoms with E-state index in [2.05, 4.69) is 33.0 Å². The van der Waals surface area contributed by atoms with Gasteiger partial charge in [0.05, 0.1) is 17.5 Å². The SMILES string of the molecule is Cc1ccc([C@H](NC(=O)CSc2nnnn2-c2cccc(Cl)c2)c2cccs2)cc1. The van der Waals surface area contributed by atoms with Gasteiger partial charge in [-0.3, -0.25) is 4.79 Å². The number of nitrogens with one attached hydrogen (secondary N) is 1. The molecule has 0 radical (unpaired) electrons. The summed E-state index contributed by atoms with van der Waals surface area (Å²) in [6.07, 6.45) is 0. The minimum absolute atomic E-state index is 0.0976. The lowest BCUT2D eigenvalue weighted by molar-refractivity contribution is -0.119. The maximum Gasteiger partial charge on any atom is 0.231 e. The van der Waals surface area contributed by atoms with E-state index in [1.165, 1.54) is 17.3 Å². The summed E-state index contributed by atoms with van der Waals surface area (Å²) in [4.78, 5) is 13.8. The van der Waals surface area contributed by atoms with Crippen molar-refractivity contribution in [2.75, 3.05) is 5.75 Å². The van der Waals surface area contributed by atoms with E-state index in [1.807, 2.05) is 48.7 Å². The Kier molecular flexibility index (Phi) is 6.47. The summed E-state index contributed by atoms with van der Waals surface area (Å²) < 4.78 is 1.57. The number of aromatic nitrogens is 4. The van der Waals surface area contributed by atoms with E-state index in [1.54, 1.807) is 28.2 Å². The van der Waals surface area contributed by atoms with Crippen molar-refractivity contribution in [1.82, 2.24) is 25.5 Å². The molecule has 0 aliphatic carbocycles. The Bertz CT molecular complexity index is 1130. The van der Waals surface area contributed by atoms with Crippen LogP contribution in [0.1, 0.15) is 22.0 Å². The molecule has 0 saturated carbocycles. The van der Waals surface area contributed by atoms with Crippen molar-refractivity contribution in [2.24, 2.45) is 0 Å². The van der Waals surface area contributed by atoms with Gasteiger partial charge >= 0.3 is 0 Å². The van der Waals surface area contributed by atoms with Crippen LogP contribution in [0.2, 0.25) is 5.02 Å². The van der Waals surface area contributed by atoms with Crippen LogP contribution in [0.3, 0.4) is 0 Å². The molecule has 1 amide bonds. The lowest BCUT2D eigenvalue weighted by Crippen LogP contribution is -2.30. The molecule has 1 atom stereocenters. The van der Waals surface area contributed by atoms with Crippen LogP contribution in [-0.4, -0.2) is 31.9 Å². The molecule has 4 rings (SSSR count). The maximum absolute atomic E-state index is 12.8. The van der Waals surface area contributed by atoms with Gasteiger partial charge in [0.25, 0.3) is 0 Å². The van der Waals surface area contributed by atoms with Crippen molar-refractivity contribution in [2.45, 2.75) is 18.1 Å². The predicted octanol–water partition coefficient (Wildman–Crippen LogP) is 4.68. The molecule has 2 heterocycles. The monoisotopic (exact) mass is 455 g/mol. The summed E-state index contributed by atoms with van der Waals surface area (Å²) in [5.74, 6) is 0.0916. The lowest BCUT2D eigenvalue weighted by atomic mass is 10.0. The molecule has 9 heteroatoms. The van der Waals surface area contributed by atoms with E-state index >= 15 is 0 Å². The Morgan fingerprint density at radius 2 is 2.03 bits per heavy atom. The number of carbonyl (C=O) groups excluding carboxylic acids is 1. The van der Waals surface area contributed by atoms with Crippen LogP contribution in [0, 0.1) is 6.92 Å². The van der Waals surface area contributed by atoms with Crippen LogP contribution in [0.4, 0.5) is 0 Å². The third kappa shape index (κ3) is 4.89. The minimum atomic E-state index is -0.192. The fourth-order valence-corrected chi connectivity index (χ4v) is 4.59. The van der Waals surface area contributed by atoms with Crippen molar-refractivity contribution in [1.29, 1.82) is 0 Å². The van der Waals surface area contributed by atoms with Gasteiger partial charge in [-0.05, 0) is 52.6 Å². The van der Waals surface area contributed by atoms with Crippen molar-refractivity contribution >= 4 is 40.6 Å². The molecule has 0 unspecified atom stereocenters. The van der Waals surface area contributed by atoms with E-state index in [-0.39, 0.29) is 17.7 Å². The summed E-state index contributed by atoms with van der Waals surface area (Å²) in [5.41, 5.74) is 2.97. The van der Waals surface area contributed by atoms with Gasteiger partial charge in [0, 0.05) is 9.90 Å². The van der Waals surface area contributed by atoms with Gasteiger partial charge in [-0.25, -0.2) is 0 Å². The van der Waals surface area contributed by atoms with Crippen molar-refractivity contribution in [3.05, 3.63) is 87.1 Å². The number of hydrogen-bond donors (Lipinski definition) is 1. The first kappa shape index (κ1) is 20.6. The number of benzene rings is 2. The summed E-state index contributed by atoms with van der Waals surface area (Å²) in [6.45, 7) is 2.04. The first-order chi connectivity index (χ1) is 14.6. The van der Waals surface area contributed by atoms with Gasteiger partial charge in [0.1, 0.15) is 0 Å². The number of nitrogens with zero attached hydrogens (tertiary/aromatic N) is 4. The van der Waals surface area contributed by atoms with Gasteiger partial charge in [-0.2, -0.15) is 4.68 Å². The van der Waals surface area contributed by atoms with Gasteiger partial charge in [-0.1, -0.05) is 65.3 Å². The fraction of sp³-hybridized carbons (Fsp3) is 0.143. The summed E-state index contributed by atoms with van der Waals surface area (Å²) >= 11 is 8.96. The molecule has 0 aliphatic rings. The van der Waals surface area contributed by atoms with E-state index in [4.69, 9.17) is 11.6 Å². The topological polar surface area (TPSA) is 72.7 Å². The van der Waals surface area contributed by atoms with Gasteiger partial charge in [0.15, 0.2) is 0 Å². The Balaban J connectivity index is 1.46. The van der Waals surface area contributed by atoms with Crippen molar-refractivity contribution in [3.8, 4) is 5.69 Å². The molecule has 2 aromatic heterocycles. The Morgan fingerprint density at radius 3 is 2.77 bits per heavy atom. The largest absolute Gasteiger partial charge is 0.344 e. The Morgan fingerprint density at radius 1 is 1.20 bits per heavy atom. The summed E-state index contributed by atoms with van der Waals surface area (Å²) in [5, 5.41) is 18.0. The maximum atomic E-state index is 12.8. The van der Waals surface area contributed by atoms with Gasteiger partial charge in [-0.15, -0.1) is 16.4 Å². The molecule has 0 bridgehead atoms. The van der Waals surface area contributed by atoms with Crippen LogP contribution >= 0.6 is 34.7 Å². The number of halogens is 1. The lowest BCUT2D eigenvalue weighted by Gasteiger charge is -2.18. The van der Waals surface area contributed by atoms with Crippen LogP contribution in [0.15, 0.2) is 71.2 Å². The van der Waals surface area contributed by atoms with Crippen LogP contribution in [-0.2, 0) is 4.79 Å². The molecule has 0 saturated heterocycles. The number of hydrogen-bond acceptors (Lipinski definition) is 6. The highest BCUT2D eigenvalue weighted by molar-refractivity contribution is 7.99. The number of amides is 1. The molecule has 4 aromatic rings. The molecular weight excluding hydrogens is 438 g/mol. The van der Waals surface area contributed by atoms with Gasteiger partial charge < -0.3 is 5.32 Å². The third-order valence-corrected chi connectivity index (χ3v) is 6.46. The number of tetrazole rings is 1. The average molecular weight is 456 g/mol. The molecule has 152 valence electrons. The van der Waals surface area contributed by atoms with E-state index < -0.39 is 0 Å². The van der Waals surface area contributed by atoms with Gasteiger partial charge in [0.2, 0.25) is 11.1 Å². The average Bonchev–Trinajstić information content (AvgIpc) is 3.43. The van der Waals surface area contributed by atoms with Crippen LogP contribution in [0.25, 0.3) is 5.69 Å². The molecule has 0 aliphatic heterocycles. The first-order valence-corrected chi connectivity index (χ1v) is 11.4. The van der Waals surface area contributed by atoms with Crippen LogP contribution in [0.5, 0.6) is 0 Å². The quantitative estimate of drug-likeness (QED) is 0.409. The second kappa shape index (κ2) is 9.42. The molecular formula is C21H18ClN5OS2. The molecule has 0 spiro atoms. The second-order valence-corrected chi connectivity index (χ2v) is 8.93. The zero-order valence-electron chi connectivity index (χ0n) is 16.0. The zero-order valence-corrected chi connectivity index (χ0v) is 18.4. The first-order valence-electron chi connectivity index (χ1n) is 9.16. The normalized spacial score (nSPS) is 11.9.